The monoisotopic (exact) mass is 720 g/mol. The lowest BCUT2D eigenvalue weighted by atomic mass is 10.0. The number of hydrogen-bond acceptors (Lipinski definition) is 4. The van der Waals surface area contributed by atoms with E-state index < -0.39 is 41.6 Å². The first kappa shape index (κ1) is 36.3. The van der Waals surface area contributed by atoms with Crippen molar-refractivity contribution in [1.82, 2.24) is 25.8 Å². The minimum atomic E-state index is -1.26. The molecule has 5 N–H and O–H groups in total. The highest BCUT2D eigenvalue weighted by atomic mass is 35.5. The summed E-state index contributed by atoms with van der Waals surface area (Å²) < 4.78 is 29.8. The van der Waals surface area contributed by atoms with Crippen LogP contribution in [0, 0.1) is 11.6 Å². The molecule has 1 aromatic heterocycles. The normalized spacial score (nSPS) is 12.3. The van der Waals surface area contributed by atoms with Crippen molar-refractivity contribution in [2.75, 3.05) is 18.9 Å². The van der Waals surface area contributed by atoms with Crippen molar-refractivity contribution in [2.45, 2.75) is 38.0 Å². The SMILES string of the molecule is CNCC[C@H](NC(=O)[C@H](Cc1ccc(F)c(F)c1)NC(=O)Nc1ccc2ccn(Cc3c(Cl)cccc3Cl)c2c1)C(=O)NCc1ccccc1. The van der Waals surface area contributed by atoms with Crippen LogP contribution >= 0.6 is 23.2 Å². The van der Waals surface area contributed by atoms with E-state index in [0.29, 0.717) is 28.8 Å². The number of amides is 4. The molecule has 4 aromatic carbocycles. The van der Waals surface area contributed by atoms with Gasteiger partial charge < -0.3 is 31.2 Å². The van der Waals surface area contributed by atoms with Gasteiger partial charge in [0.15, 0.2) is 11.6 Å². The maximum absolute atomic E-state index is 14.1. The molecule has 0 aliphatic heterocycles. The second-order valence-corrected chi connectivity index (χ2v) is 12.5. The van der Waals surface area contributed by atoms with E-state index in [1.807, 2.05) is 53.2 Å². The third-order valence-electron chi connectivity index (χ3n) is 8.09. The summed E-state index contributed by atoms with van der Waals surface area (Å²) in [6, 6.07) is 22.2. The summed E-state index contributed by atoms with van der Waals surface area (Å²) in [5, 5.41) is 15.9. The van der Waals surface area contributed by atoms with Gasteiger partial charge in [-0.2, -0.15) is 0 Å². The van der Waals surface area contributed by atoms with Crippen LogP contribution in [0.5, 0.6) is 0 Å². The average molecular weight is 722 g/mol. The molecule has 1 heterocycles. The molecule has 0 bridgehead atoms. The van der Waals surface area contributed by atoms with Crippen molar-refractivity contribution >= 4 is 57.6 Å². The van der Waals surface area contributed by atoms with E-state index in [2.05, 4.69) is 26.6 Å². The lowest BCUT2D eigenvalue weighted by molar-refractivity contribution is -0.130. The predicted octanol–water partition coefficient (Wildman–Crippen LogP) is 6.42. The van der Waals surface area contributed by atoms with Crippen LogP contribution in [0.25, 0.3) is 10.9 Å². The molecular formula is C37H36Cl2F2N6O3. The summed E-state index contributed by atoms with van der Waals surface area (Å²) in [7, 11) is 1.72. The first-order valence-electron chi connectivity index (χ1n) is 15.9. The Morgan fingerprint density at radius 2 is 1.54 bits per heavy atom. The van der Waals surface area contributed by atoms with Crippen molar-refractivity contribution < 1.29 is 23.2 Å². The Balaban J connectivity index is 1.32. The minimum Gasteiger partial charge on any atom is -0.350 e. The van der Waals surface area contributed by atoms with E-state index in [9.17, 15) is 23.2 Å². The minimum absolute atomic E-state index is 0.179. The molecule has 0 aliphatic rings. The number of rotatable bonds is 14. The molecule has 13 heteroatoms. The van der Waals surface area contributed by atoms with Crippen molar-refractivity contribution in [2.24, 2.45) is 0 Å². The molecule has 0 unspecified atom stereocenters. The van der Waals surface area contributed by atoms with Crippen LogP contribution in [0.4, 0.5) is 19.3 Å². The van der Waals surface area contributed by atoms with Crippen LogP contribution in [-0.2, 0) is 29.1 Å². The fourth-order valence-corrected chi connectivity index (χ4v) is 5.95. The van der Waals surface area contributed by atoms with Gasteiger partial charge in [-0.3, -0.25) is 9.59 Å². The molecule has 5 rings (SSSR count). The molecule has 0 radical (unpaired) electrons. The number of halogens is 4. The highest BCUT2D eigenvalue weighted by Crippen LogP contribution is 2.28. The van der Waals surface area contributed by atoms with Gasteiger partial charge in [-0.25, -0.2) is 13.6 Å². The molecule has 50 heavy (non-hydrogen) atoms. The molecule has 0 saturated carbocycles. The number of carbonyl (C=O) groups is 3. The summed E-state index contributed by atoms with van der Waals surface area (Å²) in [4.78, 5) is 40.3. The number of aromatic nitrogens is 1. The van der Waals surface area contributed by atoms with Crippen molar-refractivity contribution in [3.63, 3.8) is 0 Å². The van der Waals surface area contributed by atoms with Gasteiger partial charge in [0, 0.05) is 40.5 Å². The van der Waals surface area contributed by atoms with Crippen LogP contribution in [0.3, 0.4) is 0 Å². The first-order chi connectivity index (χ1) is 24.1. The predicted molar refractivity (Wildman–Crippen MR) is 192 cm³/mol. The Hall–Kier alpha value is -4.97. The Kier molecular flexibility index (Phi) is 12.4. The zero-order chi connectivity index (χ0) is 35.6. The van der Waals surface area contributed by atoms with E-state index in [1.54, 1.807) is 37.4 Å². The van der Waals surface area contributed by atoms with E-state index in [4.69, 9.17) is 23.2 Å². The molecule has 0 aliphatic carbocycles. The topological polar surface area (TPSA) is 116 Å². The number of nitrogens with zero attached hydrogens (tertiary/aromatic N) is 1. The molecule has 0 saturated heterocycles. The Morgan fingerprint density at radius 1 is 0.780 bits per heavy atom. The van der Waals surface area contributed by atoms with Gasteiger partial charge in [0.1, 0.15) is 12.1 Å². The van der Waals surface area contributed by atoms with Gasteiger partial charge in [-0.15, -0.1) is 0 Å². The largest absolute Gasteiger partial charge is 0.350 e. The summed E-state index contributed by atoms with van der Waals surface area (Å²) in [5.74, 6) is -3.23. The average Bonchev–Trinajstić information content (AvgIpc) is 3.50. The van der Waals surface area contributed by atoms with Gasteiger partial charge in [0.2, 0.25) is 11.8 Å². The molecular weight excluding hydrogens is 685 g/mol. The molecule has 2 atom stereocenters. The Labute approximate surface area is 298 Å². The molecule has 260 valence electrons. The van der Waals surface area contributed by atoms with Crippen molar-refractivity contribution in [1.29, 1.82) is 0 Å². The molecule has 9 nitrogen and oxygen atoms in total. The first-order valence-corrected chi connectivity index (χ1v) is 16.7. The lowest BCUT2D eigenvalue weighted by Crippen LogP contribution is -2.55. The maximum atomic E-state index is 14.1. The fraction of sp³-hybridized carbons (Fsp3) is 0.216. The van der Waals surface area contributed by atoms with Gasteiger partial charge in [0.25, 0.3) is 0 Å². The second kappa shape index (κ2) is 17.1. The Morgan fingerprint density at radius 3 is 2.26 bits per heavy atom. The highest BCUT2D eigenvalue weighted by Gasteiger charge is 2.27. The zero-order valence-corrected chi connectivity index (χ0v) is 28.6. The van der Waals surface area contributed by atoms with Crippen LogP contribution < -0.4 is 26.6 Å². The summed E-state index contributed by atoms with van der Waals surface area (Å²) in [6.07, 6.45) is 1.96. The lowest BCUT2D eigenvalue weighted by Gasteiger charge is -2.23. The number of urea groups is 1. The number of nitrogens with one attached hydrogen (secondary N) is 5. The fourth-order valence-electron chi connectivity index (χ4n) is 5.43. The number of benzene rings is 4. The smallest absolute Gasteiger partial charge is 0.319 e. The maximum Gasteiger partial charge on any atom is 0.319 e. The van der Waals surface area contributed by atoms with E-state index in [-0.39, 0.29) is 24.9 Å². The van der Waals surface area contributed by atoms with E-state index >= 15 is 0 Å². The molecule has 0 fully saturated rings. The highest BCUT2D eigenvalue weighted by molar-refractivity contribution is 6.36. The number of anilines is 1. The van der Waals surface area contributed by atoms with Gasteiger partial charge >= 0.3 is 6.03 Å². The van der Waals surface area contributed by atoms with Crippen LogP contribution in [0.15, 0.2) is 97.2 Å². The van der Waals surface area contributed by atoms with E-state index in [0.717, 1.165) is 34.2 Å². The quantitative estimate of drug-likeness (QED) is 0.0911. The summed E-state index contributed by atoms with van der Waals surface area (Å²) in [6.45, 7) is 1.06. The van der Waals surface area contributed by atoms with Gasteiger partial charge in [-0.05, 0) is 79.0 Å². The van der Waals surface area contributed by atoms with Crippen molar-refractivity contribution in [3.8, 4) is 0 Å². The molecule has 5 aromatic rings. The van der Waals surface area contributed by atoms with Crippen LogP contribution in [0.2, 0.25) is 10.0 Å². The van der Waals surface area contributed by atoms with Crippen LogP contribution in [0.1, 0.15) is 23.1 Å². The molecule has 0 spiro atoms. The second-order valence-electron chi connectivity index (χ2n) is 11.7. The third-order valence-corrected chi connectivity index (χ3v) is 8.80. The zero-order valence-electron chi connectivity index (χ0n) is 27.1. The van der Waals surface area contributed by atoms with E-state index in [1.165, 1.54) is 6.07 Å². The summed E-state index contributed by atoms with van der Waals surface area (Å²) in [5.41, 5.74) is 3.12. The number of fused-ring (bicyclic) bond motifs is 1. The number of carbonyl (C=O) groups excluding carboxylic acids is 3. The summed E-state index contributed by atoms with van der Waals surface area (Å²) >= 11 is 12.8. The van der Waals surface area contributed by atoms with Crippen LogP contribution in [-0.4, -0.2) is 48.1 Å². The van der Waals surface area contributed by atoms with Gasteiger partial charge in [0.05, 0.1) is 12.1 Å². The Bertz CT molecular complexity index is 1950. The standard InChI is InChI=1S/C37H36Cl2F2N6O3/c1-42-16-14-32(35(48)43-21-23-6-3-2-4-7-23)45-36(49)33(19-24-10-13-30(40)31(41)18-24)46-37(50)44-26-12-11-25-15-17-47(34(25)20-26)22-27-28(38)8-5-9-29(27)39/h2-13,15,17-18,20,32-33,42H,14,16,19,21-22H2,1H3,(H,43,48)(H,45,49)(H2,44,46,50)/t32-,33-/m0/s1. The van der Waals surface area contributed by atoms with Gasteiger partial charge in [-0.1, -0.05) is 71.7 Å². The number of hydrogen-bond donors (Lipinski definition) is 5. The third kappa shape index (κ3) is 9.59. The van der Waals surface area contributed by atoms with Crippen molar-refractivity contribution in [3.05, 3.63) is 136 Å². The molecule has 4 amide bonds.